The molecule has 0 fully saturated rings. The highest BCUT2D eigenvalue weighted by Crippen LogP contribution is 2.24. The molecule has 112 valence electrons. The molecule has 0 saturated carbocycles. The first-order chi connectivity index (χ1) is 9.25. The second-order valence-electron chi connectivity index (χ2n) is 5.75. The van der Waals surface area contributed by atoms with E-state index in [0.717, 1.165) is 4.47 Å². The van der Waals surface area contributed by atoms with Crippen LogP contribution < -0.4 is 10.1 Å². The molecule has 0 radical (unpaired) electrons. The predicted molar refractivity (Wildman–Crippen MR) is 83.1 cm³/mol. The van der Waals surface area contributed by atoms with Crippen molar-refractivity contribution in [1.82, 2.24) is 5.32 Å². The number of amides is 1. The van der Waals surface area contributed by atoms with Gasteiger partial charge >= 0.3 is 0 Å². The Bertz CT molecular complexity index is 472. The highest BCUT2D eigenvalue weighted by Gasteiger charge is 2.22. The summed E-state index contributed by atoms with van der Waals surface area (Å²) in [5, 5.41) is 12.3. The number of nitrogens with one attached hydrogen (secondary N) is 1. The van der Waals surface area contributed by atoms with E-state index in [4.69, 9.17) is 4.74 Å². The Balaban J connectivity index is 2.72. The molecule has 0 aliphatic carbocycles. The van der Waals surface area contributed by atoms with E-state index < -0.39 is 0 Å². The monoisotopic (exact) mass is 343 g/mol. The molecule has 1 rings (SSSR count). The Hall–Kier alpha value is -1.07. The summed E-state index contributed by atoms with van der Waals surface area (Å²) in [6, 6.07) is 5.27. The second-order valence-corrected chi connectivity index (χ2v) is 6.60. The van der Waals surface area contributed by atoms with Crippen LogP contribution in [0.4, 0.5) is 0 Å². The Kier molecular flexibility index (Phi) is 6.02. The quantitative estimate of drug-likeness (QED) is 0.834. The molecule has 1 aromatic carbocycles. The van der Waals surface area contributed by atoms with Crippen molar-refractivity contribution in [2.75, 3.05) is 13.7 Å². The van der Waals surface area contributed by atoms with Gasteiger partial charge in [0.05, 0.1) is 18.8 Å². The van der Waals surface area contributed by atoms with Gasteiger partial charge in [-0.3, -0.25) is 4.79 Å². The number of benzene rings is 1. The van der Waals surface area contributed by atoms with Gasteiger partial charge in [0.15, 0.2) is 0 Å². The minimum absolute atomic E-state index is 0.158. The summed E-state index contributed by atoms with van der Waals surface area (Å²) in [5.41, 5.74) is 0.382. The fraction of sp³-hybridized carbons (Fsp3) is 0.533. The Morgan fingerprint density at radius 2 is 2.15 bits per heavy atom. The topological polar surface area (TPSA) is 58.6 Å². The van der Waals surface area contributed by atoms with Gasteiger partial charge in [-0.2, -0.15) is 0 Å². The number of carbonyl (C=O) groups is 1. The van der Waals surface area contributed by atoms with Crippen LogP contribution in [0.5, 0.6) is 5.75 Å². The Morgan fingerprint density at radius 3 is 2.70 bits per heavy atom. The lowest BCUT2D eigenvalue weighted by Crippen LogP contribution is -2.35. The number of halogens is 1. The maximum absolute atomic E-state index is 12.2. The third-order valence-corrected chi connectivity index (χ3v) is 3.69. The van der Waals surface area contributed by atoms with Crippen molar-refractivity contribution in [1.29, 1.82) is 0 Å². The van der Waals surface area contributed by atoms with Crippen LogP contribution in [0.25, 0.3) is 0 Å². The van der Waals surface area contributed by atoms with Crippen molar-refractivity contribution in [2.45, 2.75) is 33.3 Å². The van der Waals surface area contributed by atoms with Crippen LogP contribution in [0.1, 0.15) is 37.6 Å². The van der Waals surface area contributed by atoms with Crippen molar-refractivity contribution >= 4 is 21.8 Å². The summed E-state index contributed by atoms with van der Waals surface area (Å²) >= 11 is 3.36. The molecular weight excluding hydrogens is 322 g/mol. The largest absolute Gasteiger partial charge is 0.497 e. The molecule has 4 nitrogen and oxygen atoms in total. The van der Waals surface area contributed by atoms with Crippen LogP contribution in [0.3, 0.4) is 0 Å². The van der Waals surface area contributed by atoms with Gasteiger partial charge in [-0.15, -0.1) is 0 Å². The van der Waals surface area contributed by atoms with Gasteiger partial charge in [0.25, 0.3) is 5.91 Å². The van der Waals surface area contributed by atoms with E-state index in [1.165, 1.54) is 0 Å². The number of carbonyl (C=O) groups excluding carboxylic acids is 1. The van der Waals surface area contributed by atoms with Crippen LogP contribution >= 0.6 is 15.9 Å². The normalized spacial score (nSPS) is 12.9. The van der Waals surface area contributed by atoms with E-state index in [0.29, 0.717) is 24.3 Å². The van der Waals surface area contributed by atoms with Crippen molar-refractivity contribution in [3.63, 3.8) is 0 Å². The van der Waals surface area contributed by atoms with E-state index in [1.54, 1.807) is 32.2 Å². The van der Waals surface area contributed by atoms with Gasteiger partial charge < -0.3 is 15.2 Å². The summed E-state index contributed by atoms with van der Waals surface area (Å²) in [6.45, 7) is 6.28. The molecule has 0 saturated heterocycles. The van der Waals surface area contributed by atoms with E-state index >= 15 is 0 Å². The summed E-state index contributed by atoms with van der Waals surface area (Å²) in [7, 11) is 1.57. The lowest BCUT2D eigenvalue weighted by atomic mass is 9.87. The molecule has 0 heterocycles. The van der Waals surface area contributed by atoms with Gasteiger partial charge in [0, 0.05) is 11.0 Å². The number of rotatable bonds is 6. The van der Waals surface area contributed by atoms with E-state index in [-0.39, 0.29) is 17.4 Å². The third kappa shape index (κ3) is 5.13. The Morgan fingerprint density at radius 1 is 1.50 bits per heavy atom. The fourth-order valence-electron chi connectivity index (χ4n) is 2.09. The van der Waals surface area contributed by atoms with Crippen LogP contribution in [0, 0.1) is 5.41 Å². The number of methoxy groups -OCH3 is 1. The number of hydrogen-bond donors (Lipinski definition) is 2. The highest BCUT2D eigenvalue weighted by molar-refractivity contribution is 9.10. The molecule has 1 atom stereocenters. The van der Waals surface area contributed by atoms with Crippen LogP contribution in [-0.2, 0) is 0 Å². The van der Waals surface area contributed by atoms with Crippen molar-refractivity contribution < 1.29 is 14.6 Å². The second kappa shape index (κ2) is 7.09. The molecule has 2 N–H and O–H groups in total. The first kappa shape index (κ1) is 17.0. The van der Waals surface area contributed by atoms with Crippen molar-refractivity contribution in [2.24, 2.45) is 5.41 Å². The molecular formula is C15H22BrNO3. The SMILES string of the molecule is COc1ccc(Br)c(C(=O)NCC(C)(C)CC(C)O)c1. The summed E-state index contributed by atoms with van der Waals surface area (Å²) < 4.78 is 5.85. The first-order valence-electron chi connectivity index (χ1n) is 6.55. The molecule has 1 amide bonds. The number of aliphatic hydroxyl groups excluding tert-OH is 1. The van der Waals surface area contributed by atoms with Gasteiger partial charge in [-0.1, -0.05) is 13.8 Å². The zero-order valence-electron chi connectivity index (χ0n) is 12.4. The van der Waals surface area contributed by atoms with Crippen LogP contribution in [0.15, 0.2) is 22.7 Å². The van der Waals surface area contributed by atoms with E-state index in [2.05, 4.69) is 21.2 Å². The zero-order valence-corrected chi connectivity index (χ0v) is 14.0. The molecule has 5 heteroatoms. The minimum atomic E-state index is -0.384. The maximum atomic E-state index is 12.2. The molecule has 0 bridgehead atoms. The standard InChI is InChI=1S/C15H22BrNO3/c1-10(18)8-15(2,3)9-17-14(19)12-7-11(20-4)5-6-13(12)16/h5-7,10,18H,8-9H2,1-4H3,(H,17,19). The predicted octanol–water partition coefficient (Wildman–Crippen LogP) is 2.98. The van der Waals surface area contributed by atoms with Gasteiger partial charge in [0.1, 0.15) is 5.75 Å². The van der Waals surface area contributed by atoms with Crippen LogP contribution in [0.2, 0.25) is 0 Å². The molecule has 0 aromatic heterocycles. The van der Waals surface area contributed by atoms with Gasteiger partial charge in [0.2, 0.25) is 0 Å². The summed E-state index contributed by atoms with van der Waals surface area (Å²) in [6.07, 6.45) is 0.248. The van der Waals surface area contributed by atoms with Gasteiger partial charge in [-0.05, 0) is 52.9 Å². The third-order valence-electron chi connectivity index (χ3n) is 2.99. The fourth-order valence-corrected chi connectivity index (χ4v) is 2.52. The van der Waals surface area contributed by atoms with Crippen LogP contribution in [-0.4, -0.2) is 30.8 Å². The molecule has 20 heavy (non-hydrogen) atoms. The van der Waals surface area contributed by atoms with Gasteiger partial charge in [-0.25, -0.2) is 0 Å². The average molecular weight is 344 g/mol. The molecule has 0 spiro atoms. The minimum Gasteiger partial charge on any atom is -0.497 e. The smallest absolute Gasteiger partial charge is 0.252 e. The van der Waals surface area contributed by atoms with Crippen molar-refractivity contribution in [3.05, 3.63) is 28.2 Å². The lowest BCUT2D eigenvalue weighted by Gasteiger charge is -2.26. The summed E-state index contributed by atoms with van der Waals surface area (Å²) in [5.74, 6) is 0.482. The van der Waals surface area contributed by atoms with Crippen molar-refractivity contribution in [3.8, 4) is 5.75 Å². The van der Waals surface area contributed by atoms with E-state index in [9.17, 15) is 9.90 Å². The maximum Gasteiger partial charge on any atom is 0.252 e. The number of ether oxygens (including phenoxy) is 1. The average Bonchev–Trinajstić information content (AvgIpc) is 2.35. The molecule has 0 aliphatic rings. The number of hydrogen-bond acceptors (Lipinski definition) is 3. The first-order valence-corrected chi connectivity index (χ1v) is 7.34. The molecule has 0 aliphatic heterocycles. The highest BCUT2D eigenvalue weighted by atomic mass is 79.9. The summed E-state index contributed by atoms with van der Waals surface area (Å²) in [4.78, 5) is 12.2. The number of aliphatic hydroxyl groups is 1. The molecule has 1 unspecified atom stereocenters. The zero-order chi connectivity index (χ0) is 15.3. The Labute approximate surface area is 128 Å². The molecule has 1 aromatic rings. The van der Waals surface area contributed by atoms with E-state index in [1.807, 2.05) is 13.8 Å². The lowest BCUT2D eigenvalue weighted by molar-refractivity contribution is 0.0901.